The zero-order valence-corrected chi connectivity index (χ0v) is 9.51. The van der Waals surface area contributed by atoms with Gasteiger partial charge in [0, 0.05) is 6.61 Å². The number of hydrogen-bond donors (Lipinski definition) is 0. The summed E-state index contributed by atoms with van der Waals surface area (Å²) in [4.78, 5) is 11.6. The lowest BCUT2D eigenvalue weighted by Crippen LogP contribution is -2.26. The molecule has 4 heteroatoms. The van der Waals surface area contributed by atoms with Crippen LogP contribution in [0, 0.1) is 11.3 Å². The largest absolute Gasteiger partial charge is 0.380 e. The molecule has 0 rings (SSSR count). The maximum absolute atomic E-state index is 11.6. The minimum Gasteiger partial charge on any atom is -0.380 e. The summed E-state index contributed by atoms with van der Waals surface area (Å²) in [7, 11) is -2.14. The zero-order valence-electron chi connectivity index (χ0n) is 8.51. The lowest BCUT2D eigenvalue weighted by molar-refractivity contribution is 0.139. The van der Waals surface area contributed by atoms with Gasteiger partial charge < -0.3 is 4.74 Å². The minimum atomic E-state index is -2.14. The van der Waals surface area contributed by atoms with Crippen LogP contribution in [0.25, 0.3) is 0 Å². The average Bonchev–Trinajstić information content (AvgIpc) is 2.11. The van der Waals surface area contributed by atoms with E-state index in [2.05, 4.69) is 0 Å². The molecule has 0 aliphatic heterocycles. The topological polar surface area (TPSA) is 52.9 Å². The van der Waals surface area contributed by atoms with Crippen LogP contribution in [-0.2, 0) is 9.53 Å². The molecule has 0 saturated carbocycles. The highest BCUT2D eigenvalue weighted by Gasteiger charge is 2.23. The molecule has 0 heterocycles. The number of nitrogens with zero attached hydrogens (tertiary/aromatic N) is 1. The summed E-state index contributed by atoms with van der Waals surface area (Å²) in [5.41, 5.74) is 0. The first-order chi connectivity index (χ1) is 6.12. The van der Waals surface area contributed by atoms with Gasteiger partial charge in [0.1, 0.15) is 0 Å². The van der Waals surface area contributed by atoms with Gasteiger partial charge >= 0.3 is 0 Å². The Morgan fingerprint density at radius 1 is 1.46 bits per heavy atom. The van der Waals surface area contributed by atoms with Crippen molar-refractivity contribution in [2.45, 2.75) is 38.4 Å². The predicted octanol–water partition coefficient (Wildman–Crippen LogP) is 2.33. The first-order valence-electron chi connectivity index (χ1n) is 4.77. The lowest BCUT2D eigenvalue weighted by atomic mass is 10.5. The normalized spacial score (nSPS) is 14.9. The van der Waals surface area contributed by atoms with E-state index in [1.807, 2.05) is 19.5 Å². The highest BCUT2D eigenvalue weighted by atomic mass is 28.4. The molecule has 3 nitrogen and oxygen atoms in total. The maximum Gasteiger partial charge on any atom is 0.234 e. The van der Waals surface area contributed by atoms with E-state index in [0.717, 1.165) is 18.5 Å². The molecule has 1 unspecified atom stereocenters. The van der Waals surface area contributed by atoms with Gasteiger partial charge in [-0.15, -0.1) is 0 Å². The molecular formula is C9H18NO2Si. The SMILES string of the molecule is CC[Si](C)([O])CCCOCCC#N. The molecule has 1 radical (unpaired) electrons. The molecule has 0 spiro atoms. The van der Waals surface area contributed by atoms with Crippen LogP contribution in [0.4, 0.5) is 0 Å². The third-order valence-corrected chi connectivity index (χ3v) is 5.01. The molecule has 0 aromatic carbocycles. The predicted molar refractivity (Wildman–Crippen MR) is 53.3 cm³/mol. The summed E-state index contributed by atoms with van der Waals surface area (Å²) in [6, 6.07) is 3.59. The van der Waals surface area contributed by atoms with Crippen molar-refractivity contribution in [1.29, 1.82) is 5.26 Å². The van der Waals surface area contributed by atoms with Gasteiger partial charge in [0.15, 0.2) is 0 Å². The molecule has 0 bridgehead atoms. The van der Waals surface area contributed by atoms with Crippen molar-refractivity contribution in [2.24, 2.45) is 0 Å². The molecule has 0 aliphatic rings. The molecule has 0 saturated heterocycles. The summed E-state index contributed by atoms with van der Waals surface area (Å²) >= 11 is 0. The molecule has 75 valence electrons. The smallest absolute Gasteiger partial charge is 0.234 e. The fraction of sp³-hybridized carbons (Fsp3) is 0.889. The van der Waals surface area contributed by atoms with E-state index < -0.39 is 8.32 Å². The molecule has 0 amide bonds. The van der Waals surface area contributed by atoms with Crippen molar-refractivity contribution in [3.05, 3.63) is 0 Å². The van der Waals surface area contributed by atoms with Gasteiger partial charge in [-0.3, -0.25) is 4.80 Å². The second-order valence-corrected chi connectivity index (χ2v) is 7.53. The van der Waals surface area contributed by atoms with E-state index in [0.29, 0.717) is 19.6 Å². The van der Waals surface area contributed by atoms with Gasteiger partial charge in [-0.25, -0.2) is 0 Å². The maximum atomic E-state index is 11.6. The van der Waals surface area contributed by atoms with Crippen LogP contribution in [0.15, 0.2) is 0 Å². The van der Waals surface area contributed by atoms with Crippen LogP contribution in [0.2, 0.25) is 18.6 Å². The number of rotatable bonds is 7. The zero-order chi connectivity index (χ0) is 10.2. The molecule has 0 aromatic rings. The fourth-order valence-corrected chi connectivity index (χ4v) is 2.19. The second-order valence-electron chi connectivity index (χ2n) is 3.43. The third-order valence-electron chi connectivity index (χ3n) is 2.10. The van der Waals surface area contributed by atoms with Crippen LogP contribution in [0.3, 0.4) is 0 Å². The first-order valence-corrected chi connectivity index (χ1v) is 7.60. The van der Waals surface area contributed by atoms with Crippen molar-refractivity contribution in [1.82, 2.24) is 0 Å². The first kappa shape index (κ1) is 12.6. The van der Waals surface area contributed by atoms with Gasteiger partial charge in [0.05, 0.1) is 19.1 Å². The summed E-state index contributed by atoms with van der Waals surface area (Å²) in [5, 5.41) is 8.22. The fourth-order valence-electron chi connectivity index (χ4n) is 0.945. The standard InChI is InChI=1S/C9H18NO2Si/c1-3-13(2,11)9-5-8-12-7-4-6-10/h3-5,7-9H2,1-2H3. The Balaban J connectivity index is 3.22. The van der Waals surface area contributed by atoms with Crippen molar-refractivity contribution >= 4 is 8.32 Å². The number of nitriles is 1. The Morgan fingerprint density at radius 3 is 2.69 bits per heavy atom. The highest BCUT2D eigenvalue weighted by molar-refractivity contribution is 6.70. The molecule has 1 atom stereocenters. The van der Waals surface area contributed by atoms with Crippen LogP contribution in [0.5, 0.6) is 0 Å². The van der Waals surface area contributed by atoms with E-state index in [9.17, 15) is 4.80 Å². The molecule has 0 aromatic heterocycles. The van der Waals surface area contributed by atoms with Gasteiger partial charge in [0.25, 0.3) is 0 Å². The van der Waals surface area contributed by atoms with Crippen LogP contribution in [-0.4, -0.2) is 21.5 Å². The van der Waals surface area contributed by atoms with E-state index in [1.165, 1.54) is 0 Å². The van der Waals surface area contributed by atoms with Crippen molar-refractivity contribution in [3.8, 4) is 6.07 Å². The quantitative estimate of drug-likeness (QED) is 0.468. The van der Waals surface area contributed by atoms with Crippen molar-refractivity contribution < 1.29 is 9.53 Å². The van der Waals surface area contributed by atoms with Gasteiger partial charge in [-0.1, -0.05) is 6.92 Å². The number of hydrogen-bond acceptors (Lipinski definition) is 2. The monoisotopic (exact) mass is 200 g/mol. The van der Waals surface area contributed by atoms with Gasteiger partial charge in [-0.2, -0.15) is 5.26 Å². The summed E-state index contributed by atoms with van der Waals surface area (Å²) in [6.45, 7) is 4.96. The van der Waals surface area contributed by atoms with Crippen LogP contribution >= 0.6 is 0 Å². The summed E-state index contributed by atoms with van der Waals surface area (Å²) in [6.07, 6.45) is 1.30. The molecular weight excluding hydrogens is 182 g/mol. The molecule has 0 N–H and O–H groups in total. The van der Waals surface area contributed by atoms with E-state index in [4.69, 9.17) is 10.00 Å². The highest BCUT2D eigenvalue weighted by Crippen LogP contribution is 2.13. The molecule has 13 heavy (non-hydrogen) atoms. The Bertz CT molecular complexity index is 165. The van der Waals surface area contributed by atoms with E-state index in [1.54, 1.807) is 0 Å². The Kier molecular flexibility index (Phi) is 6.87. The van der Waals surface area contributed by atoms with Crippen LogP contribution in [0.1, 0.15) is 19.8 Å². The van der Waals surface area contributed by atoms with E-state index in [-0.39, 0.29) is 0 Å². The second kappa shape index (κ2) is 7.07. The number of ether oxygens (including phenoxy) is 1. The van der Waals surface area contributed by atoms with Gasteiger partial charge in [0.2, 0.25) is 8.32 Å². The minimum absolute atomic E-state index is 0.444. The lowest BCUT2D eigenvalue weighted by Gasteiger charge is -2.14. The van der Waals surface area contributed by atoms with E-state index >= 15 is 0 Å². The van der Waals surface area contributed by atoms with Crippen molar-refractivity contribution in [3.63, 3.8) is 0 Å². The molecule has 0 aliphatic carbocycles. The van der Waals surface area contributed by atoms with Crippen molar-refractivity contribution in [2.75, 3.05) is 13.2 Å². The average molecular weight is 200 g/mol. The van der Waals surface area contributed by atoms with Gasteiger partial charge in [-0.05, 0) is 25.1 Å². The summed E-state index contributed by atoms with van der Waals surface area (Å²) in [5.74, 6) is 0. The third kappa shape index (κ3) is 7.97. The van der Waals surface area contributed by atoms with Crippen LogP contribution < -0.4 is 0 Å². The molecule has 0 fully saturated rings. The Hall–Kier alpha value is -0.373. The Morgan fingerprint density at radius 2 is 2.15 bits per heavy atom. The summed E-state index contributed by atoms with van der Waals surface area (Å²) < 4.78 is 5.17. The Labute approximate surface area is 81.5 Å².